The average Bonchev–Trinajstić information content (AvgIpc) is 3.05. The van der Waals surface area contributed by atoms with Gasteiger partial charge < -0.3 is 4.42 Å². The standard InChI is InChI=1S/C26H26Cl2FNO2/c1-15-11-19-18-7-5-6-8-22(18)32-25(19)24(30(15)14-26(3,4)29)23-20(27)12-17(13-21(23)28)10-9-16(2)31/h5-10,12-13,15,24H,11,14H2,1-4H3/b10-9+. The summed E-state index contributed by atoms with van der Waals surface area (Å²) in [5, 5.41) is 1.97. The highest BCUT2D eigenvalue weighted by atomic mass is 35.5. The van der Waals surface area contributed by atoms with Crippen LogP contribution in [0.3, 0.4) is 0 Å². The summed E-state index contributed by atoms with van der Waals surface area (Å²) in [4.78, 5) is 13.4. The maximum atomic E-state index is 14.9. The number of furan rings is 1. The first-order valence-corrected chi connectivity index (χ1v) is 11.4. The summed E-state index contributed by atoms with van der Waals surface area (Å²) in [6, 6.07) is 11.1. The van der Waals surface area contributed by atoms with Gasteiger partial charge in [0.25, 0.3) is 0 Å². The Morgan fingerprint density at radius 2 is 1.91 bits per heavy atom. The van der Waals surface area contributed by atoms with Crippen LogP contribution in [0.5, 0.6) is 0 Å². The van der Waals surface area contributed by atoms with Gasteiger partial charge in [0, 0.05) is 39.1 Å². The summed E-state index contributed by atoms with van der Waals surface area (Å²) in [6.45, 7) is 6.92. The zero-order valence-electron chi connectivity index (χ0n) is 18.6. The number of alkyl halides is 1. The normalized spacial score (nSPS) is 19.6. The Kier molecular flexibility index (Phi) is 6.23. The number of para-hydroxylation sites is 1. The molecule has 2 atom stereocenters. The van der Waals surface area contributed by atoms with E-state index in [-0.39, 0.29) is 18.4 Å². The van der Waals surface area contributed by atoms with Gasteiger partial charge >= 0.3 is 0 Å². The Labute approximate surface area is 197 Å². The monoisotopic (exact) mass is 473 g/mol. The van der Waals surface area contributed by atoms with E-state index in [0.717, 1.165) is 34.3 Å². The lowest BCUT2D eigenvalue weighted by Crippen LogP contribution is -2.47. The molecule has 2 aromatic carbocycles. The van der Waals surface area contributed by atoms with Crippen LogP contribution in [0.2, 0.25) is 10.0 Å². The maximum absolute atomic E-state index is 14.9. The SMILES string of the molecule is CC(=O)/C=C/c1cc(Cl)c(C2c3oc4ccccc4c3CC(C)N2CC(C)(C)F)c(Cl)c1. The number of rotatable bonds is 5. The van der Waals surface area contributed by atoms with E-state index in [9.17, 15) is 9.18 Å². The first-order valence-electron chi connectivity index (χ1n) is 10.7. The van der Waals surface area contributed by atoms with E-state index in [2.05, 4.69) is 17.9 Å². The van der Waals surface area contributed by atoms with E-state index < -0.39 is 11.7 Å². The molecule has 168 valence electrons. The number of ketones is 1. The molecule has 0 saturated carbocycles. The lowest BCUT2D eigenvalue weighted by molar-refractivity contribution is -0.112. The first kappa shape index (κ1) is 23.0. The molecule has 3 nitrogen and oxygen atoms in total. The van der Waals surface area contributed by atoms with Crippen LogP contribution >= 0.6 is 23.2 Å². The summed E-state index contributed by atoms with van der Waals surface area (Å²) in [5.74, 6) is 0.690. The molecule has 0 spiro atoms. The van der Waals surface area contributed by atoms with Crippen LogP contribution in [0.1, 0.15) is 56.2 Å². The van der Waals surface area contributed by atoms with Gasteiger partial charge in [-0.3, -0.25) is 9.69 Å². The number of halogens is 3. The van der Waals surface area contributed by atoms with E-state index in [4.69, 9.17) is 27.6 Å². The molecule has 0 aliphatic carbocycles. The first-order chi connectivity index (χ1) is 15.0. The van der Waals surface area contributed by atoms with Gasteiger partial charge in [-0.2, -0.15) is 0 Å². The molecule has 1 aromatic heterocycles. The van der Waals surface area contributed by atoms with Crippen LogP contribution < -0.4 is 0 Å². The molecule has 4 rings (SSSR count). The third-order valence-corrected chi connectivity index (χ3v) is 6.44. The highest BCUT2D eigenvalue weighted by Gasteiger charge is 2.41. The van der Waals surface area contributed by atoms with Crippen molar-refractivity contribution in [2.75, 3.05) is 6.54 Å². The average molecular weight is 474 g/mol. The van der Waals surface area contributed by atoms with Crippen LogP contribution in [0.25, 0.3) is 17.0 Å². The number of nitrogens with zero attached hydrogens (tertiary/aromatic N) is 1. The number of hydrogen-bond acceptors (Lipinski definition) is 3. The fraction of sp³-hybridized carbons (Fsp3) is 0.346. The van der Waals surface area contributed by atoms with Crippen LogP contribution in [0, 0.1) is 0 Å². The molecular weight excluding hydrogens is 448 g/mol. The van der Waals surface area contributed by atoms with Crippen LogP contribution in [-0.4, -0.2) is 28.9 Å². The molecule has 2 heterocycles. The Morgan fingerprint density at radius 1 is 1.25 bits per heavy atom. The molecule has 1 aliphatic rings. The maximum Gasteiger partial charge on any atom is 0.152 e. The Morgan fingerprint density at radius 3 is 2.53 bits per heavy atom. The van der Waals surface area contributed by atoms with Crippen molar-refractivity contribution in [3.63, 3.8) is 0 Å². The smallest absolute Gasteiger partial charge is 0.152 e. The Bertz CT molecular complexity index is 1190. The summed E-state index contributed by atoms with van der Waals surface area (Å²) in [7, 11) is 0. The second-order valence-corrected chi connectivity index (χ2v) is 9.94. The lowest BCUT2D eigenvalue weighted by atomic mass is 9.87. The molecule has 6 heteroatoms. The minimum atomic E-state index is -1.42. The molecule has 0 fully saturated rings. The second-order valence-electron chi connectivity index (χ2n) is 9.13. The Hall–Kier alpha value is -2.14. The minimum Gasteiger partial charge on any atom is -0.459 e. The Balaban J connectivity index is 1.92. The fourth-order valence-corrected chi connectivity index (χ4v) is 5.23. The number of carbonyl (C=O) groups is 1. The van der Waals surface area contributed by atoms with E-state index in [1.807, 2.05) is 18.2 Å². The van der Waals surface area contributed by atoms with Gasteiger partial charge in [-0.1, -0.05) is 47.5 Å². The summed E-state index contributed by atoms with van der Waals surface area (Å²) in [6.07, 6.45) is 3.90. The van der Waals surface area contributed by atoms with Crippen molar-refractivity contribution in [2.45, 2.75) is 51.9 Å². The highest BCUT2D eigenvalue weighted by molar-refractivity contribution is 6.36. The lowest BCUT2D eigenvalue weighted by Gasteiger charge is -2.42. The van der Waals surface area contributed by atoms with Crippen LogP contribution in [0.15, 0.2) is 46.9 Å². The van der Waals surface area contributed by atoms with Crippen molar-refractivity contribution in [3.05, 3.63) is 75.0 Å². The molecule has 0 bridgehead atoms. The van der Waals surface area contributed by atoms with Crippen molar-refractivity contribution < 1.29 is 13.6 Å². The highest BCUT2D eigenvalue weighted by Crippen LogP contribution is 2.47. The molecule has 1 aliphatic heterocycles. The molecule has 0 radical (unpaired) electrons. The molecule has 3 aromatic rings. The van der Waals surface area contributed by atoms with E-state index in [1.54, 1.807) is 32.1 Å². The molecule has 0 saturated heterocycles. The van der Waals surface area contributed by atoms with Gasteiger partial charge in [-0.25, -0.2) is 4.39 Å². The van der Waals surface area contributed by atoms with E-state index in [0.29, 0.717) is 15.6 Å². The van der Waals surface area contributed by atoms with Gasteiger partial charge in [0.15, 0.2) is 5.78 Å². The summed E-state index contributed by atoms with van der Waals surface area (Å²) in [5.41, 5.74) is 1.90. The number of hydrogen-bond donors (Lipinski definition) is 0. The molecular formula is C26H26Cl2FNO2. The zero-order valence-corrected chi connectivity index (χ0v) is 20.1. The quantitative estimate of drug-likeness (QED) is 0.361. The van der Waals surface area contributed by atoms with Crippen LogP contribution in [-0.2, 0) is 11.2 Å². The summed E-state index contributed by atoms with van der Waals surface area (Å²) < 4.78 is 21.2. The van der Waals surface area contributed by atoms with Crippen LogP contribution in [0.4, 0.5) is 4.39 Å². The van der Waals surface area contributed by atoms with Crippen molar-refractivity contribution in [3.8, 4) is 0 Å². The molecule has 32 heavy (non-hydrogen) atoms. The van der Waals surface area contributed by atoms with Crippen molar-refractivity contribution >= 4 is 46.0 Å². The van der Waals surface area contributed by atoms with E-state index >= 15 is 0 Å². The number of allylic oxidation sites excluding steroid dienone is 1. The third-order valence-electron chi connectivity index (χ3n) is 5.82. The number of benzene rings is 2. The van der Waals surface area contributed by atoms with Gasteiger partial charge in [-0.05, 0) is 64.0 Å². The van der Waals surface area contributed by atoms with Gasteiger partial charge in [0.05, 0.1) is 6.04 Å². The predicted octanol–water partition coefficient (Wildman–Crippen LogP) is 7.43. The minimum absolute atomic E-state index is 0.0490. The molecule has 2 unspecified atom stereocenters. The molecule has 0 amide bonds. The third kappa shape index (κ3) is 4.50. The number of carbonyl (C=O) groups excluding carboxylic acids is 1. The van der Waals surface area contributed by atoms with Gasteiger partial charge in [0.2, 0.25) is 0 Å². The van der Waals surface area contributed by atoms with Gasteiger partial charge in [0.1, 0.15) is 17.0 Å². The van der Waals surface area contributed by atoms with E-state index in [1.165, 1.54) is 13.0 Å². The van der Waals surface area contributed by atoms with Gasteiger partial charge in [-0.15, -0.1) is 0 Å². The molecule has 0 N–H and O–H groups in total. The predicted molar refractivity (Wildman–Crippen MR) is 129 cm³/mol. The topological polar surface area (TPSA) is 33.5 Å². The van der Waals surface area contributed by atoms with Crippen molar-refractivity contribution in [1.29, 1.82) is 0 Å². The second kappa shape index (κ2) is 8.66. The largest absolute Gasteiger partial charge is 0.459 e. The fourth-order valence-electron chi connectivity index (χ4n) is 4.52. The number of fused-ring (bicyclic) bond motifs is 3. The zero-order chi connectivity index (χ0) is 23.2. The van der Waals surface area contributed by atoms with Crippen molar-refractivity contribution in [2.24, 2.45) is 0 Å². The summed E-state index contributed by atoms with van der Waals surface area (Å²) >= 11 is 13.5. The van der Waals surface area contributed by atoms with Crippen molar-refractivity contribution in [1.82, 2.24) is 4.90 Å².